The molecule has 1 aliphatic carbocycles. The van der Waals surface area contributed by atoms with E-state index in [1.54, 1.807) is 11.8 Å². The molecule has 1 aromatic carbocycles. The fraction of sp³-hybridized carbons (Fsp3) is 0.500. The third kappa shape index (κ3) is 2.38. The van der Waals surface area contributed by atoms with Crippen molar-refractivity contribution in [3.63, 3.8) is 0 Å². The third-order valence-corrected chi connectivity index (χ3v) is 5.20. The largest absolute Gasteiger partial charge is 0.299 e. The molecular formula is C14H17ClOS. The molecule has 3 heteroatoms. The summed E-state index contributed by atoms with van der Waals surface area (Å²) in [5.74, 6) is 0.330. The first-order chi connectivity index (χ1) is 8.08. The Morgan fingerprint density at radius 1 is 1.41 bits per heavy atom. The Kier molecular flexibility index (Phi) is 3.84. The third-order valence-electron chi connectivity index (χ3n) is 3.80. The predicted octanol–water partition coefficient (Wildman–Crippen LogP) is 4.08. The molecule has 92 valence electrons. The van der Waals surface area contributed by atoms with E-state index in [9.17, 15) is 4.79 Å². The van der Waals surface area contributed by atoms with Crippen molar-refractivity contribution in [3.05, 3.63) is 34.9 Å². The zero-order valence-electron chi connectivity index (χ0n) is 10.2. The lowest BCUT2D eigenvalue weighted by atomic mass is 9.70. The van der Waals surface area contributed by atoms with Crippen molar-refractivity contribution in [1.29, 1.82) is 0 Å². The molecule has 2 rings (SSSR count). The fourth-order valence-corrected chi connectivity index (χ4v) is 3.53. The molecule has 17 heavy (non-hydrogen) atoms. The summed E-state index contributed by atoms with van der Waals surface area (Å²) in [6.07, 6.45) is 4.74. The van der Waals surface area contributed by atoms with E-state index in [1.807, 2.05) is 31.2 Å². The van der Waals surface area contributed by atoms with Gasteiger partial charge in [0.15, 0.2) is 0 Å². The van der Waals surface area contributed by atoms with Gasteiger partial charge in [-0.3, -0.25) is 4.79 Å². The Balaban J connectivity index is 2.32. The second kappa shape index (κ2) is 5.03. The van der Waals surface area contributed by atoms with Gasteiger partial charge >= 0.3 is 0 Å². The summed E-state index contributed by atoms with van der Waals surface area (Å²) in [5, 5.41) is 1.20. The molecule has 0 N–H and O–H groups in total. The maximum Gasteiger partial charge on any atom is 0.144 e. The summed E-state index contributed by atoms with van der Waals surface area (Å²) >= 11 is 8.02. The first-order valence-electron chi connectivity index (χ1n) is 5.89. The van der Waals surface area contributed by atoms with Crippen molar-refractivity contribution in [2.75, 3.05) is 6.26 Å². The second-order valence-corrected chi connectivity index (χ2v) is 6.38. The Bertz CT molecular complexity index is 432. The number of hydrogen-bond donors (Lipinski definition) is 0. The first kappa shape index (κ1) is 13.0. The first-order valence-corrected chi connectivity index (χ1v) is 7.55. The van der Waals surface area contributed by atoms with Gasteiger partial charge in [-0.25, -0.2) is 0 Å². The van der Waals surface area contributed by atoms with E-state index >= 15 is 0 Å². The van der Waals surface area contributed by atoms with Gasteiger partial charge in [-0.05, 0) is 37.7 Å². The molecule has 2 unspecified atom stereocenters. The normalized spacial score (nSPS) is 29.4. The highest BCUT2D eigenvalue weighted by atomic mass is 35.5. The zero-order valence-corrected chi connectivity index (χ0v) is 11.8. The number of thioether (sulfide) groups is 1. The summed E-state index contributed by atoms with van der Waals surface area (Å²) in [5.41, 5.74) is 0.608. The minimum Gasteiger partial charge on any atom is -0.299 e. The number of ketones is 1. The molecule has 1 aliphatic rings. The average molecular weight is 269 g/mol. The molecule has 1 nitrogen and oxygen atoms in total. The molecule has 0 aromatic heterocycles. The molecule has 1 aromatic rings. The van der Waals surface area contributed by atoms with Gasteiger partial charge in [0.25, 0.3) is 0 Å². The van der Waals surface area contributed by atoms with Crippen LogP contribution in [0.4, 0.5) is 0 Å². The van der Waals surface area contributed by atoms with Crippen molar-refractivity contribution in [1.82, 2.24) is 0 Å². The van der Waals surface area contributed by atoms with Crippen LogP contribution in [0.3, 0.4) is 0 Å². The number of carbonyl (C=O) groups is 1. The van der Waals surface area contributed by atoms with E-state index in [1.165, 1.54) is 0 Å². The molecule has 0 radical (unpaired) electrons. The Morgan fingerprint density at radius 2 is 2.12 bits per heavy atom. The quantitative estimate of drug-likeness (QED) is 0.804. The van der Waals surface area contributed by atoms with Gasteiger partial charge in [0.2, 0.25) is 0 Å². The number of halogens is 1. The van der Waals surface area contributed by atoms with Crippen LogP contribution in [-0.4, -0.2) is 17.3 Å². The van der Waals surface area contributed by atoms with Crippen LogP contribution in [0.15, 0.2) is 24.3 Å². The molecule has 1 saturated carbocycles. The summed E-state index contributed by atoms with van der Waals surface area (Å²) in [6, 6.07) is 7.73. The van der Waals surface area contributed by atoms with Crippen molar-refractivity contribution in [2.24, 2.45) is 0 Å². The van der Waals surface area contributed by atoms with Crippen molar-refractivity contribution >= 4 is 29.1 Å². The van der Waals surface area contributed by atoms with Crippen molar-refractivity contribution in [2.45, 2.75) is 36.9 Å². The van der Waals surface area contributed by atoms with E-state index < -0.39 is 0 Å². The Labute approximate surface area is 112 Å². The van der Waals surface area contributed by atoms with Gasteiger partial charge in [0, 0.05) is 16.7 Å². The monoisotopic (exact) mass is 268 g/mol. The van der Waals surface area contributed by atoms with Crippen LogP contribution in [0.25, 0.3) is 0 Å². The van der Waals surface area contributed by atoms with Gasteiger partial charge in [-0.2, -0.15) is 11.8 Å². The van der Waals surface area contributed by atoms with Gasteiger partial charge < -0.3 is 0 Å². The van der Waals surface area contributed by atoms with Crippen LogP contribution in [0.1, 0.15) is 31.7 Å². The lowest BCUT2D eigenvalue weighted by molar-refractivity contribution is -0.125. The van der Waals surface area contributed by atoms with Gasteiger partial charge in [-0.1, -0.05) is 29.8 Å². The topological polar surface area (TPSA) is 17.1 Å². The minimum absolute atomic E-state index is 0.330. The number of Topliss-reactive ketones (excluding diaryl/α,β-unsaturated/α-hetero) is 1. The molecule has 2 atom stereocenters. The SMILES string of the molecule is CSC1CCC(C)(c2ccccc2Cl)C(=O)C1. The molecule has 0 bridgehead atoms. The highest BCUT2D eigenvalue weighted by Crippen LogP contribution is 2.41. The smallest absolute Gasteiger partial charge is 0.144 e. The van der Waals surface area contributed by atoms with Crippen LogP contribution in [0.5, 0.6) is 0 Å². The van der Waals surface area contributed by atoms with Gasteiger partial charge in [0.05, 0.1) is 5.41 Å². The van der Waals surface area contributed by atoms with E-state index in [4.69, 9.17) is 11.6 Å². The van der Waals surface area contributed by atoms with Crippen LogP contribution in [-0.2, 0) is 10.2 Å². The minimum atomic E-state index is -0.384. The number of hydrogen-bond acceptors (Lipinski definition) is 2. The molecule has 0 saturated heterocycles. The highest BCUT2D eigenvalue weighted by Gasteiger charge is 2.40. The molecule has 0 aliphatic heterocycles. The van der Waals surface area contributed by atoms with E-state index in [-0.39, 0.29) is 5.41 Å². The maximum atomic E-state index is 12.4. The van der Waals surface area contributed by atoms with Crippen molar-refractivity contribution < 1.29 is 4.79 Å². The molecule has 0 heterocycles. The van der Waals surface area contributed by atoms with E-state index in [0.717, 1.165) is 18.4 Å². The predicted molar refractivity (Wildman–Crippen MR) is 75.0 cm³/mol. The Morgan fingerprint density at radius 3 is 2.71 bits per heavy atom. The molecule has 0 spiro atoms. The second-order valence-electron chi connectivity index (χ2n) is 4.84. The van der Waals surface area contributed by atoms with Gasteiger partial charge in [0.1, 0.15) is 5.78 Å². The van der Waals surface area contributed by atoms with Crippen LogP contribution >= 0.6 is 23.4 Å². The van der Waals surface area contributed by atoms with E-state index in [2.05, 4.69) is 6.26 Å². The fourth-order valence-electron chi connectivity index (χ4n) is 2.52. The van der Waals surface area contributed by atoms with Crippen LogP contribution < -0.4 is 0 Å². The summed E-state index contributed by atoms with van der Waals surface area (Å²) in [6.45, 7) is 2.03. The summed E-state index contributed by atoms with van der Waals surface area (Å²) < 4.78 is 0. The lowest BCUT2D eigenvalue weighted by Crippen LogP contribution is -2.39. The maximum absolute atomic E-state index is 12.4. The molecular weight excluding hydrogens is 252 g/mol. The average Bonchev–Trinajstić information content (AvgIpc) is 2.33. The Hall–Kier alpha value is -0.470. The standard InChI is InChI=1S/C14H17ClOS/c1-14(11-5-3-4-6-12(11)15)8-7-10(17-2)9-13(14)16/h3-6,10H,7-9H2,1-2H3. The number of rotatable bonds is 2. The van der Waals surface area contributed by atoms with Crippen LogP contribution in [0, 0.1) is 0 Å². The van der Waals surface area contributed by atoms with Gasteiger partial charge in [-0.15, -0.1) is 0 Å². The number of benzene rings is 1. The molecule has 1 fully saturated rings. The summed E-state index contributed by atoms with van der Waals surface area (Å²) in [4.78, 5) is 12.4. The van der Waals surface area contributed by atoms with Crippen LogP contribution in [0.2, 0.25) is 5.02 Å². The van der Waals surface area contributed by atoms with Crippen molar-refractivity contribution in [3.8, 4) is 0 Å². The number of carbonyl (C=O) groups excluding carboxylic acids is 1. The zero-order chi connectivity index (χ0) is 12.5. The highest BCUT2D eigenvalue weighted by molar-refractivity contribution is 7.99. The lowest BCUT2D eigenvalue weighted by Gasteiger charge is -2.36. The molecule has 0 amide bonds. The summed E-state index contributed by atoms with van der Waals surface area (Å²) in [7, 11) is 0. The van der Waals surface area contributed by atoms with E-state index in [0.29, 0.717) is 22.5 Å².